The molecule has 4 rings (SSSR count). The molecule has 1 aliphatic heterocycles. The van der Waals surface area contributed by atoms with Crippen molar-refractivity contribution < 1.29 is 9.21 Å². The Morgan fingerprint density at radius 1 is 1.14 bits per heavy atom. The van der Waals surface area contributed by atoms with Crippen LogP contribution in [0.3, 0.4) is 0 Å². The highest BCUT2D eigenvalue weighted by Gasteiger charge is 2.23. The number of furan rings is 1. The Kier molecular flexibility index (Phi) is 5.45. The van der Waals surface area contributed by atoms with Crippen LogP contribution < -0.4 is 10.7 Å². The molecule has 0 atom stereocenters. The van der Waals surface area contributed by atoms with Crippen molar-refractivity contribution >= 4 is 35.0 Å². The molecule has 0 aliphatic carbocycles. The van der Waals surface area contributed by atoms with Gasteiger partial charge in [0.25, 0.3) is 0 Å². The van der Waals surface area contributed by atoms with Crippen molar-refractivity contribution in [1.82, 2.24) is 19.8 Å². The molecule has 146 valence electrons. The smallest absolute Gasteiger partial charge is 0.233 e. The highest BCUT2D eigenvalue weighted by atomic mass is 35.5. The van der Waals surface area contributed by atoms with Gasteiger partial charge in [-0.2, -0.15) is 0 Å². The molecule has 3 heterocycles. The quantitative estimate of drug-likeness (QED) is 0.502. The summed E-state index contributed by atoms with van der Waals surface area (Å²) in [5.74, 6) is 7.28. The standard InChI is InChI=1S/C18H19ClN6O2S/c19-13-4-1-2-5-14(13)23-7-9-24(10-8-23)16(26)12-28-18-22-21-17(25(18)20)15-6-3-11-27-15/h1-6,11H,7-10,12,20H2. The molecule has 2 aromatic heterocycles. The van der Waals surface area contributed by atoms with Gasteiger partial charge in [0.2, 0.25) is 16.9 Å². The molecular weight excluding hydrogens is 400 g/mol. The van der Waals surface area contributed by atoms with Crippen LogP contribution in [0.2, 0.25) is 5.02 Å². The number of anilines is 1. The number of carbonyl (C=O) groups is 1. The number of nitrogen functional groups attached to an aromatic ring is 1. The maximum absolute atomic E-state index is 12.6. The second-order valence-corrected chi connectivity index (χ2v) is 7.61. The lowest BCUT2D eigenvalue weighted by atomic mass is 10.2. The molecule has 1 aliphatic rings. The molecule has 0 radical (unpaired) electrons. The van der Waals surface area contributed by atoms with Crippen molar-refractivity contribution in [2.45, 2.75) is 5.16 Å². The predicted molar refractivity (Wildman–Crippen MR) is 109 cm³/mol. The van der Waals surface area contributed by atoms with E-state index < -0.39 is 0 Å². The third-order valence-corrected chi connectivity index (χ3v) is 5.80. The lowest BCUT2D eigenvalue weighted by Crippen LogP contribution is -2.49. The zero-order chi connectivity index (χ0) is 19.5. The number of hydrogen-bond donors (Lipinski definition) is 1. The summed E-state index contributed by atoms with van der Waals surface area (Å²) in [4.78, 5) is 16.6. The Morgan fingerprint density at radius 3 is 2.64 bits per heavy atom. The maximum Gasteiger partial charge on any atom is 0.233 e. The van der Waals surface area contributed by atoms with E-state index in [0.717, 1.165) is 23.8 Å². The second-order valence-electron chi connectivity index (χ2n) is 6.26. The summed E-state index contributed by atoms with van der Waals surface area (Å²) in [7, 11) is 0. The molecule has 3 aromatic rings. The van der Waals surface area contributed by atoms with Gasteiger partial charge in [-0.25, -0.2) is 4.68 Å². The Morgan fingerprint density at radius 2 is 1.93 bits per heavy atom. The van der Waals surface area contributed by atoms with Crippen LogP contribution in [0.4, 0.5) is 5.69 Å². The molecule has 1 fully saturated rings. The number of para-hydroxylation sites is 1. The summed E-state index contributed by atoms with van der Waals surface area (Å²) in [6, 6.07) is 11.3. The fourth-order valence-electron chi connectivity index (χ4n) is 3.07. The van der Waals surface area contributed by atoms with Gasteiger partial charge in [-0.15, -0.1) is 10.2 Å². The fraction of sp³-hybridized carbons (Fsp3) is 0.278. The van der Waals surface area contributed by atoms with Crippen LogP contribution >= 0.6 is 23.4 Å². The number of hydrogen-bond acceptors (Lipinski definition) is 7. The van der Waals surface area contributed by atoms with Crippen LogP contribution in [-0.4, -0.2) is 57.6 Å². The van der Waals surface area contributed by atoms with E-state index in [1.807, 2.05) is 29.2 Å². The fourth-order valence-corrected chi connectivity index (χ4v) is 4.09. The molecule has 10 heteroatoms. The van der Waals surface area contributed by atoms with E-state index in [1.165, 1.54) is 16.4 Å². The molecule has 0 spiro atoms. The molecule has 2 N–H and O–H groups in total. The van der Waals surface area contributed by atoms with Crippen LogP contribution in [0.5, 0.6) is 0 Å². The van der Waals surface area contributed by atoms with Crippen LogP contribution in [0.25, 0.3) is 11.6 Å². The maximum atomic E-state index is 12.6. The third-order valence-electron chi connectivity index (χ3n) is 4.56. The molecular formula is C18H19ClN6O2S. The number of halogens is 1. The summed E-state index contributed by atoms with van der Waals surface area (Å²) in [6.07, 6.45) is 1.54. The molecule has 28 heavy (non-hydrogen) atoms. The van der Waals surface area contributed by atoms with E-state index in [1.54, 1.807) is 18.4 Å². The zero-order valence-corrected chi connectivity index (χ0v) is 16.6. The predicted octanol–water partition coefficient (Wildman–Crippen LogP) is 2.35. The van der Waals surface area contributed by atoms with Crippen molar-refractivity contribution in [3.05, 3.63) is 47.7 Å². The first-order valence-corrected chi connectivity index (χ1v) is 10.1. The SMILES string of the molecule is Nn1c(SCC(=O)N2CCN(c3ccccc3Cl)CC2)nnc1-c1ccco1. The number of benzene rings is 1. The Bertz CT molecular complexity index is 953. The minimum atomic E-state index is 0.0476. The molecule has 1 saturated heterocycles. The monoisotopic (exact) mass is 418 g/mol. The Balaban J connectivity index is 1.31. The largest absolute Gasteiger partial charge is 0.461 e. The first-order chi connectivity index (χ1) is 13.6. The molecule has 1 amide bonds. The van der Waals surface area contributed by atoms with Gasteiger partial charge in [0.05, 0.1) is 22.7 Å². The minimum absolute atomic E-state index is 0.0476. The summed E-state index contributed by atoms with van der Waals surface area (Å²) in [6.45, 7) is 2.79. The molecule has 0 bridgehead atoms. The van der Waals surface area contributed by atoms with Crippen LogP contribution in [0.1, 0.15) is 0 Å². The summed E-state index contributed by atoms with van der Waals surface area (Å²) in [5, 5.41) is 9.27. The normalized spacial score (nSPS) is 14.5. The van der Waals surface area contributed by atoms with Gasteiger partial charge in [0, 0.05) is 26.2 Å². The average molecular weight is 419 g/mol. The number of rotatable bonds is 5. The van der Waals surface area contributed by atoms with Gasteiger partial charge in [-0.3, -0.25) is 4.79 Å². The third kappa shape index (κ3) is 3.81. The number of aromatic nitrogens is 3. The minimum Gasteiger partial charge on any atom is -0.461 e. The van der Waals surface area contributed by atoms with E-state index >= 15 is 0 Å². The zero-order valence-electron chi connectivity index (χ0n) is 15.0. The van der Waals surface area contributed by atoms with E-state index in [4.69, 9.17) is 21.9 Å². The van der Waals surface area contributed by atoms with Gasteiger partial charge in [0.15, 0.2) is 5.76 Å². The molecule has 8 nitrogen and oxygen atoms in total. The lowest BCUT2D eigenvalue weighted by molar-refractivity contribution is -0.128. The molecule has 1 aromatic carbocycles. The average Bonchev–Trinajstić information content (AvgIpc) is 3.36. The van der Waals surface area contributed by atoms with Crippen molar-refractivity contribution in [3.63, 3.8) is 0 Å². The van der Waals surface area contributed by atoms with Gasteiger partial charge >= 0.3 is 0 Å². The summed E-state index contributed by atoms with van der Waals surface area (Å²) in [5.41, 5.74) is 1.01. The summed E-state index contributed by atoms with van der Waals surface area (Å²) >= 11 is 7.53. The number of nitrogens with two attached hydrogens (primary N) is 1. The van der Waals surface area contributed by atoms with Crippen molar-refractivity contribution in [2.24, 2.45) is 0 Å². The van der Waals surface area contributed by atoms with Gasteiger partial charge < -0.3 is 20.1 Å². The number of carbonyl (C=O) groups excluding carboxylic acids is 1. The molecule has 0 unspecified atom stereocenters. The van der Waals surface area contributed by atoms with Crippen LogP contribution in [-0.2, 0) is 4.79 Å². The lowest BCUT2D eigenvalue weighted by Gasteiger charge is -2.36. The first kappa shape index (κ1) is 18.7. The Labute approximate surface area is 171 Å². The van der Waals surface area contributed by atoms with E-state index in [-0.39, 0.29) is 11.7 Å². The van der Waals surface area contributed by atoms with Gasteiger partial charge in [-0.1, -0.05) is 35.5 Å². The van der Waals surface area contributed by atoms with Crippen LogP contribution in [0.15, 0.2) is 52.2 Å². The first-order valence-electron chi connectivity index (χ1n) is 8.78. The number of thioether (sulfide) groups is 1. The highest BCUT2D eigenvalue weighted by molar-refractivity contribution is 7.99. The highest BCUT2D eigenvalue weighted by Crippen LogP contribution is 2.26. The van der Waals surface area contributed by atoms with Crippen molar-refractivity contribution in [2.75, 3.05) is 42.7 Å². The van der Waals surface area contributed by atoms with Crippen molar-refractivity contribution in [1.29, 1.82) is 0 Å². The van der Waals surface area contributed by atoms with Crippen molar-refractivity contribution in [3.8, 4) is 11.6 Å². The number of amides is 1. The second kappa shape index (κ2) is 8.15. The Hall–Kier alpha value is -2.65. The van der Waals surface area contributed by atoms with Gasteiger partial charge in [-0.05, 0) is 24.3 Å². The molecule has 0 saturated carbocycles. The number of piperazine rings is 1. The number of nitrogens with zero attached hydrogens (tertiary/aromatic N) is 5. The van der Waals surface area contributed by atoms with Crippen LogP contribution in [0, 0.1) is 0 Å². The van der Waals surface area contributed by atoms with E-state index in [0.29, 0.717) is 29.8 Å². The summed E-state index contributed by atoms with van der Waals surface area (Å²) < 4.78 is 6.63. The van der Waals surface area contributed by atoms with E-state index in [9.17, 15) is 4.79 Å². The topological polar surface area (TPSA) is 93.4 Å². The van der Waals surface area contributed by atoms with Gasteiger partial charge in [0.1, 0.15) is 0 Å². The van der Waals surface area contributed by atoms with E-state index in [2.05, 4.69) is 15.1 Å².